The minimum absolute atomic E-state index is 0.0562. The van der Waals surface area contributed by atoms with Crippen LogP contribution in [-0.2, 0) is 17.4 Å². The molecule has 5 nitrogen and oxygen atoms in total. The van der Waals surface area contributed by atoms with Gasteiger partial charge in [-0.3, -0.25) is 4.79 Å². The average Bonchev–Trinajstić information content (AvgIpc) is 2.67. The van der Waals surface area contributed by atoms with Crippen molar-refractivity contribution in [2.45, 2.75) is 19.5 Å². The number of amides is 1. The molecule has 3 rings (SSSR count). The van der Waals surface area contributed by atoms with E-state index in [1.54, 1.807) is 31.2 Å². The highest BCUT2D eigenvalue weighted by Gasteiger charge is 2.31. The Labute approximate surface area is 179 Å². The Hall–Kier alpha value is -2.84. The molecule has 156 valence electrons. The van der Waals surface area contributed by atoms with Crippen LogP contribution in [0.2, 0.25) is 10.0 Å². The molecule has 1 heterocycles. The summed E-state index contributed by atoms with van der Waals surface area (Å²) in [7, 11) is 0. The van der Waals surface area contributed by atoms with Crippen LogP contribution in [0.3, 0.4) is 0 Å². The number of hydrogen-bond acceptors (Lipinski definition) is 4. The minimum Gasteiger partial charge on any atom is -0.456 e. The highest BCUT2D eigenvalue weighted by atomic mass is 35.5. The van der Waals surface area contributed by atoms with Gasteiger partial charge in [0.05, 0.1) is 22.7 Å². The van der Waals surface area contributed by atoms with Gasteiger partial charge in [-0.1, -0.05) is 35.3 Å². The van der Waals surface area contributed by atoms with Crippen LogP contribution in [0.15, 0.2) is 48.8 Å². The number of aromatic nitrogens is 2. The number of carbonyl (C=O) groups excluding carboxylic acids is 1. The van der Waals surface area contributed by atoms with Gasteiger partial charge in [0.25, 0.3) is 0 Å². The van der Waals surface area contributed by atoms with Crippen molar-refractivity contribution < 1.29 is 22.7 Å². The van der Waals surface area contributed by atoms with Crippen LogP contribution >= 0.6 is 23.2 Å². The van der Waals surface area contributed by atoms with E-state index in [1.807, 2.05) is 0 Å². The third-order valence-corrected chi connectivity index (χ3v) is 4.74. The first-order chi connectivity index (χ1) is 14.1. The fourth-order valence-electron chi connectivity index (χ4n) is 2.47. The normalized spacial score (nSPS) is 11.3. The summed E-state index contributed by atoms with van der Waals surface area (Å²) in [5, 5.41) is 2.72. The van der Waals surface area contributed by atoms with Gasteiger partial charge in [-0.25, -0.2) is 9.97 Å². The van der Waals surface area contributed by atoms with E-state index in [4.69, 9.17) is 27.9 Å². The van der Waals surface area contributed by atoms with Crippen LogP contribution < -0.4 is 10.1 Å². The molecule has 1 N–H and O–H groups in total. The number of ether oxygens (including phenoxy) is 1. The number of aryl methyl sites for hydroxylation is 1. The van der Waals surface area contributed by atoms with Crippen LogP contribution in [0.5, 0.6) is 11.5 Å². The van der Waals surface area contributed by atoms with E-state index >= 15 is 0 Å². The number of nitrogens with one attached hydrogen (secondary N) is 1. The van der Waals surface area contributed by atoms with Gasteiger partial charge >= 0.3 is 6.18 Å². The summed E-state index contributed by atoms with van der Waals surface area (Å²) in [4.78, 5) is 20.1. The summed E-state index contributed by atoms with van der Waals surface area (Å²) in [6.45, 7) is 1.70. The quantitative estimate of drug-likeness (QED) is 0.505. The number of rotatable bonds is 5. The lowest BCUT2D eigenvalue weighted by Gasteiger charge is -2.11. The number of halogens is 5. The number of nitrogens with zero attached hydrogens (tertiary/aromatic N) is 2. The van der Waals surface area contributed by atoms with Gasteiger partial charge in [0.1, 0.15) is 22.8 Å². The van der Waals surface area contributed by atoms with Crippen molar-refractivity contribution in [1.82, 2.24) is 9.97 Å². The van der Waals surface area contributed by atoms with E-state index in [1.165, 1.54) is 6.33 Å². The zero-order valence-electron chi connectivity index (χ0n) is 15.4. The van der Waals surface area contributed by atoms with E-state index in [2.05, 4.69) is 15.3 Å². The largest absolute Gasteiger partial charge is 0.456 e. The zero-order chi connectivity index (χ0) is 21.9. The maximum Gasteiger partial charge on any atom is 0.416 e. The van der Waals surface area contributed by atoms with Crippen molar-refractivity contribution in [2.24, 2.45) is 0 Å². The molecule has 0 atom stereocenters. The predicted molar refractivity (Wildman–Crippen MR) is 107 cm³/mol. The first-order valence-corrected chi connectivity index (χ1v) is 9.29. The van der Waals surface area contributed by atoms with Crippen molar-refractivity contribution in [1.29, 1.82) is 0 Å². The smallest absolute Gasteiger partial charge is 0.416 e. The first kappa shape index (κ1) is 21.9. The fraction of sp³-hybridized carbons (Fsp3) is 0.150. The van der Waals surface area contributed by atoms with Gasteiger partial charge in [0.2, 0.25) is 5.91 Å². The molecule has 30 heavy (non-hydrogen) atoms. The van der Waals surface area contributed by atoms with Crippen LogP contribution in [-0.4, -0.2) is 15.9 Å². The Morgan fingerprint density at radius 2 is 1.80 bits per heavy atom. The van der Waals surface area contributed by atoms with E-state index in [9.17, 15) is 18.0 Å². The molecule has 0 unspecified atom stereocenters. The van der Waals surface area contributed by atoms with Crippen molar-refractivity contribution in [2.75, 3.05) is 5.32 Å². The van der Waals surface area contributed by atoms with Gasteiger partial charge < -0.3 is 10.1 Å². The Kier molecular flexibility index (Phi) is 6.48. The molecule has 1 aromatic heterocycles. The lowest BCUT2D eigenvalue weighted by atomic mass is 10.1. The summed E-state index contributed by atoms with van der Waals surface area (Å²) < 4.78 is 43.7. The molecule has 2 aromatic carbocycles. The van der Waals surface area contributed by atoms with Crippen molar-refractivity contribution in [3.05, 3.63) is 75.7 Å². The second-order valence-corrected chi connectivity index (χ2v) is 7.02. The maximum absolute atomic E-state index is 12.7. The molecule has 0 radical (unpaired) electrons. The molecule has 0 saturated heterocycles. The molecule has 0 aliphatic heterocycles. The van der Waals surface area contributed by atoms with Gasteiger partial charge in [0, 0.05) is 0 Å². The number of alkyl halides is 3. The Bertz CT molecular complexity index is 1070. The molecule has 0 bridgehead atoms. The Morgan fingerprint density at radius 1 is 1.10 bits per heavy atom. The highest BCUT2D eigenvalue weighted by molar-refractivity contribution is 6.34. The number of anilines is 1. The first-order valence-electron chi connectivity index (χ1n) is 8.54. The van der Waals surface area contributed by atoms with E-state index < -0.39 is 11.7 Å². The third kappa shape index (κ3) is 5.40. The Balaban J connectivity index is 1.64. The maximum atomic E-state index is 12.7. The van der Waals surface area contributed by atoms with Crippen molar-refractivity contribution >= 4 is 34.9 Å². The summed E-state index contributed by atoms with van der Waals surface area (Å²) in [6.07, 6.45) is -3.13. The highest BCUT2D eigenvalue weighted by Crippen LogP contribution is 2.36. The number of benzene rings is 2. The summed E-state index contributed by atoms with van der Waals surface area (Å²) in [6, 6.07) is 9.31. The molecule has 1 amide bonds. The van der Waals surface area contributed by atoms with E-state index in [0.717, 1.165) is 18.2 Å². The molecular weight excluding hydrogens is 442 g/mol. The van der Waals surface area contributed by atoms with Crippen LogP contribution in [0.25, 0.3) is 0 Å². The SMILES string of the molecule is Cc1ncnc(NC(=O)Cc2ccc(Oc3ccc(C(F)(F)F)cc3Cl)cc2)c1Cl. The summed E-state index contributed by atoms with van der Waals surface area (Å²) >= 11 is 11.9. The fourth-order valence-corrected chi connectivity index (χ4v) is 2.83. The summed E-state index contributed by atoms with van der Waals surface area (Å²) in [5.41, 5.74) is 0.367. The lowest BCUT2D eigenvalue weighted by molar-refractivity contribution is -0.137. The van der Waals surface area contributed by atoms with Gasteiger partial charge in [0.15, 0.2) is 5.82 Å². The van der Waals surface area contributed by atoms with Crippen LogP contribution in [0, 0.1) is 6.92 Å². The van der Waals surface area contributed by atoms with E-state index in [-0.39, 0.29) is 33.9 Å². The minimum atomic E-state index is -4.49. The van der Waals surface area contributed by atoms with E-state index in [0.29, 0.717) is 17.0 Å². The molecule has 0 fully saturated rings. The third-order valence-electron chi connectivity index (χ3n) is 4.00. The molecular formula is C20H14Cl2F3N3O2. The molecule has 0 saturated carbocycles. The van der Waals surface area contributed by atoms with Gasteiger partial charge in [-0.15, -0.1) is 0 Å². The second-order valence-electron chi connectivity index (χ2n) is 6.24. The average molecular weight is 456 g/mol. The standard InChI is InChI=1S/C20H14Cl2F3N3O2/c1-11-18(22)19(27-10-26-11)28-17(29)8-12-2-5-14(6-3-12)30-16-7-4-13(9-15(16)21)20(23,24)25/h2-7,9-10H,8H2,1H3,(H,26,27,28,29). The molecule has 0 aliphatic rings. The molecule has 3 aromatic rings. The topological polar surface area (TPSA) is 64.1 Å². The van der Waals surface area contributed by atoms with Crippen LogP contribution in [0.4, 0.5) is 19.0 Å². The molecule has 0 aliphatic carbocycles. The van der Waals surface area contributed by atoms with Crippen molar-refractivity contribution in [3.8, 4) is 11.5 Å². The molecule has 0 spiro atoms. The summed E-state index contributed by atoms with van der Waals surface area (Å²) in [5.74, 6) is 0.347. The number of carbonyl (C=O) groups is 1. The second kappa shape index (κ2) is 8.89. The van der Waals surface area contributed by atoms with Crippen molar-refractivity contribution in [3.63, 3.8) is 0 Å². The van der Waals surface area contributed by atoms with Gasteiger partial charge in [-0.05, 0) is 42.8 Å². The number of hydrogen-bond donors (Lipinski definition) is 1. The lowest BCUT2D eigenvalue weighted by Crippen LogP contribution is -2.16. The van der Waals surface area contributed by atoms with Gasteiger partial charge in [-0.2, -0.15) is 13.2 Å². The van der Waals surface area contributed by atoms with Crippen LogP contribution in [0.1, 0.15) is 16.8 Å². The molecule has 10 heteroatoms. The predicted octanol–water partition coefficient (Wildman–Crippen LogP) is 6.08. The zero-order valence-corrected chi connectivity index (χ0v) is 16.9. The monoisotopic (exact) mass is 455 g/mol. The Morgan fingerprint density at radius 3 is 2.43 bits per heavy atom.